The molecule has 2 aliphatic rings. The minimum absolute atomic E-state index is 0.0850. The topological polar surface area (TPSA) is 93.6 Å². The van der Waals surface area contributed by atoms with E-state index in [2.05, 4.69) is 27.8 Å². The Morgan fingerprint density at radius 1 is 1.47 bits per heavy atom. The van der Waals surface area contributed by atoms with E-state index in [0.717, 1.165) is 35.8 Å². The average molecular weight is 422 g/mol. The number of carbonyl (C=O) groups excluding carboxylic acids is 1. The van der Waals surface area contributed by atoms with Gasteiger partial charge in [-0.25, -0.2) is 4.98 Å². The van der Waals surface area contributed by atoms with E-state index in [-0.39, 0.29) is 18.2 Å². The molecule has 2 atom stereocenters. The molecule has 1 aromatic carbocycles. The second-order valence-electron chi connectivity index (χ2n) is 7.22. The summed E-state index contributed by atoms with van der Waals surface area (Å²) in [6.45, 7) is 1.30. The zero-order chi connectivity index (χ0) is 20.9. The fourth-order valence-electron chi connectivity index (χ4n) is 3.25. The molecule has 1 amide bonds. The minimum atomic E-state index is -0.168. The second-order valence-corrected chi connectivity index (χ2v) is 8.08. The zero-order valence-electron chi connectivity index (χ0n) is 16.7. The smallest absolute Gasteiger partial charge is 0.267 e. The number of nitriles is 1. The first-order chi connectivity index (χ1) is 14.6. The molecule has 0 spiro atoms. The van der Waals surface area contributed by atoms with Gasteiger partial charge in [0.1, 0.15) is 11.8 Å². The van der Waals surface area contributed by atoms with Crippen molar-refractivity contribution < 1.29 is 9.53 Å². The molecular formula is C22H23N5O2S. The van der Waals surface area contributed by atoms with Gasteiger partial charge in [-0.1, -0.05) is 24.3 Å². The number of nitrogens with zero attached hydrogens (tertiary/aromatic N) is 3. The Labute approximate surface area is 179 Å². The van der Waals surface area contributed by atoms with Gasteiger partial charge in [0.15, 0.2) is 11.4 Å². The minimum Gasteiger partial charge on any atom is -0.370 e. The lowest BCUT2D eigenvalue weighted by molar-refractivity contribution is -0.118. The SMILES string of the molecule is CN1CCC/C=C/C=C1C(=O)NCC1OC1Nc1nc(-c2cccc(C#N)c2)cs1. The molecule has 7 nitrogen and oxygen atoms in total. The maximum Gasteiger partial charge on any atom is 0.267 e. The summed E-state index contributed by atoms with van der Waals surface area (Å²) in [6, 6.07) is 9.52. The summed E-state index contributed by atoms with van der Waals surface area (Å²) in [6.07, 6.45) is 7.69. The summed E-state index contributed by atoms with van der Waals surface area (Å²) in [4.78, 5) is 19.1. The van der Waals surface area contributed by atoms with E-state index in [4.69, 9.17) is 10.00 Å². The summed E-state index contributed by atoms with van der Waals surface area (Å²) in [7, 11) is 1.94. The number of anilines is 1. The summed E-state index contributed by atoms with van der Waals surface area (Å²) >= 11 is 1.48. The van der Waals surface area contributed by atoms with Crippen LogP contribution >= 0.6 is 11.3 Å². The van der Waals surface area contributed by atoms with Crippen molar-refractivity contribution >= 4 is 22.4 Å². The highest BCUT2D eigenvalue weighted by atomic mass is 32.1. The van der Waals surface area contributed by atoms with Crippen LogP contribution in [-0.2, 0) is 9.53 Å². The molecule has 0 aliphatic carbocycles. The first-order valence-electron chi connectivity index (χ1n) is 9.88. The van der Waals surface area contributed by atoms with Gasteiger partial charge < -0.3 is 20.3 Å². The van der Waals surface area contributed by atoms with Crippen LogP contribution in [0.15, 0.2) is 53.6 Å². The Bertz CT molecular complexity index is 1020. The Kier molecular flexibility index (Phi) is 6.12. The number of amides is 1. The third-order valence-corrected chi connectivity index (χ3v) is 5.78. The number of rotatable bonds is 6. The molecule has 4 rings (SSSR count). The first kappa shape index (κ1) is 20.1. The van der Waals surface area contributed by atoms with E-state index in [0.29, 0.717) is 17.8 Å². The molecule has 2 unspecified atom stereocenters. The lowest BCUT2D eigenvalue weighted by Crippen LogP contribution is -2.36. The van der Waals surface area contributed by atoms with Gasteiger partial charge in [0.2, 0.25) is 0 Å². The van der Waals surface area contributed by atoms with Crippen molar-refractivity contribution in [2.45, 2.75) is 25.2 Å². The van der Waals surface area contributed by atoms with Gasteiger partial charge in [-0.05, 0) is 31.1 Å². The van der Waals surface area contributed by atoms with Crippen LogP contribution in [0.3, 0.4) is 0 Å². The average Bonchev–Trinajstić information content (AvgIpc) is 3.31. The molecule has 0 bridgehead atoms. The second kappa shape index (κ2) is 9.11. The fourth-order valence-corrected chi connectivity index (χ4v) is 4.00. The number of benzene rings is 1. The summed E-state index contributed by atoms with van der Waals surface area (Å²) in [5.74, 6) is -0.0905. The number of thiazole rings is 1. The summed E-state index contributed by atoms with van der Waals surface area (Å²) < 4.78 is 5.63. The van der Waals surface area contributed by atoms with E-state index in [1.807, 2.05) is 47.7 Å². The number of aromatic nitrogens is 1. The number of hydrogen-bond acceptors (Lipinski definition) is 7. The molecule has 2 aromatic rings. The van der Waals surface area contributed by atoms with E-state index in [1.165, 1.54) is 11.3 Å². The lowest BCUT2D eigenvalue weighted by Gasteiger charge is -2.22. The van der Waals surface area contributed by atoms with Crippen LogP contribution in [-0.4, -0.2) is 48.3 Å². The van der Waals surface area contributed by atoms with Crippen molar-refractivity contribution in [1.82, 2.24) is 15.2 Å². The highest BCUT2D eigenvalue weighted by Gasteiger charge is 2.39. The Hall–Kier alpha value is -3.15. The largest absolute Gasteiger partial charge is 0.370 e. The summed E-state index contributed by atoms with van der Waals surface area (Å²) in [5, 5.41) is 17.9. The van der Waals surface area contributed by atoms with Crippen LogP contribution in [0.1, 0.15) is 18.4 Å². The molecule has 2 aliphatic heterocycles. The number of ether oxygens (including phenoxy) is 1. The standard InChI is InChI=1S/C22H23N5O2S/c1-27-10-5-3-2-4-9-18(27)20(28)24-13-19-21(29-19)26-22-25-17(14-30-22)16-8-6-7-15(11-16)12-23/h2,4,6-9,11,14,19,21H,3,5,10,13H2,1H3,(H,24,28)(H,25,26)/b4-2+,18-9?. The van der Waals surface area contributed by atoms with Crippen molar-refractivity contribution in [2.75, 3.05) is 25.5 Å². The molecule has 30 heavy (non-hydrogen) atoms. The van der Waals surface area contributed by atoms with Crippen LogP contribution in [0.2, 0.25) is 0 Å². The van der Waals surface area contributed by atoms with Crippen molar-refractivity contribution in [2.24, 2.45) is 0 Å². The van der Waals surface area contributed by atoms with Crippen molar-refractivity contribution in [3.8, 4) is 17.3 Å². The van der Waals surface area contributed by atoms with Crippen molar-refractivity contribution in [3.05, 3.63) is 59.1 Å². The Morgan fingerprint density at radius 3 is 3.23 bits per heavy atom. The van der Waals surface area contributed by atoms with Gasteiger partial charge in [-0.2, -0.15) is 5.26 Å². The predicted octanol–water partition coefficient (Wildman–Crippen LogP) is 3.10. The van der Waals surface area contributed by atoms with Crippen LogP contribution < -0.4 is 10.6 Å². The highest BCUT2D eigenvalue weighted by Crippen LogP contribution is 2.29. The quantitative estimate of drug-likeness (QED) is 0.696. The van der Waals surface area contributed by atoms with Crippen LogP contribution in [0.25, 0.3) is 11.3 Å². The molecule has 0 saturated carbocycles. The third-order valence-electron chi connectivity index (χ3n) is 5.00. The van der Waals surface area contributed by atoms with Crippen molar-refractivity contribution in [1.29, 1.82) is 5.26 Å². The van der Waals surface area contributed by atoms with Gasteiger partial charge in [-0.3, -0.25) is 4.79 Å². The number of carbonyl (C=O) groups is 1. The maximum absolute atomic E-state index is 12.5. The van der Waals surface area contributed by atoms with Crippen LogP contribution in [0.4, 0.5) is 5.13 Å². The van der Waals surface area contributed by atoms with E-state index in [1.54, 1.807) is 6.07 Å². The normalized spacial score (nSPS) is 21.6. The summed E-state index contributed by atoms with van der Waals surface area (Å²) in [5.41, 5.74) is 3.00. The van der Waals surface area contributed by atoms with Gasteiger partial charge in [-0.15, -0.1) is 11.3 Å². The highest BCUT2D eigenvalue weighted by molar-refractivity contribution is 7.14. The molecule has 3 heterocycles. The maximum atomic E-state index is 12.5. The molecular weight excluding hydrogens is 398 g/mol. The number of allylic oxidation sites excluding steroid dienone is 3. The number of likely N-dealkylation sites (N-methyl/N-ethyl adjacent to an activating group) is 1. The molecule has 8 heteroatoms. The van der Waals surface area contributed by atoms with E-state index < -0.39 is 0 Å². The molecule has 1 saturated heterocycles. The number of hydrogen-bond donors (Lipinski definition) is 2. The predicted molar refractivity (Wildman–Crippen MR) is 117 cm³/mol. The third kappa shape index (κ3) is 4.87. The fraction of sp³-hybridized carbons (Fsp3) is 0.318. The number of epoxide rings is 1. The molecule has 1 aromatic heterocycles. The van der Waals surface area contributed by atoms with Crippen LogP contribution in [0.5, 0.6) is 0 Å². The molecule has 2 N–H and O–H groups in total. The monoisotopic (exact) mass is 421 g/mol. The molecule has 0 radical (unpaired) electrons. The molecule has 154 valence electrons. The van der Waals surface area contributed by atoms with Gasteiger partial charge in [0.25, 0.3) is 5.91 Å². The van der Waals surface area contributed by atoms with Gasteiger partial charge in [0, 0.05) is 31.1 Å². The first-order valence-corrected chi connectivity index (χ1v) is 10.8. The molecule has 1 fully saturated rings. The van der Waals surface area contributed by atoms with E-state index >= 15 is 0 Å². The van der Waals surface area contributed by atoms with E-state index in [9.17, 15) is 4.79 Å². The van der Waals surface area contributed by atoms with Gasteiger partial charge >= 0.3 is 0 Å². The zero-order valence-corrected chi connectivity index (χ0v) is 17.5. The van der Waals surface area contributed by atoms with Crippen LogP contribution in [0, 0.1) is 11.3 Å². The Morgan fingerprint density at radius 2 is 2.37 bits per heavy atom. The van der Waals surface area contributed by atoms with Gasteiger partial charge in [0.05, 0.1) is 17.3 Å². The Balaban J connectivity index is 1.28. The number of nitrogens with one attached hydrogen (secondary N) is 2. The lowest BCUT2D eigenvalue weighted by atomic mass is 10.1. The van der Waals surface area contributed by atoms with Crippen molar-refractivity contribution in [3.63, 3.8) is 0 Å².